The van der Waals surface area contributed by atoms with Gasteiger partial charge < -0.3 is 14.8 Å². The second-order valence-corrected chi connectivity index (χ2v) is 4.45. The molecule has 0 radical (unpaired) electrons. The Morgan fingerprint density at radius 1 is 1.42 bits per heavy atom. The molecule has 19 heavy (non-hydrogen) atoms. The zero-order valence-corrected chi connectivity index (χ0v) is 11.5. The molecule has 0 atom stereocenters. The molecule has 2 rings (SSSR count). The van der Waals surface area contributed by atoms with Crippen LogP contribution in [0.4, 0.5) is 5.95 Å². The molecule has 1 saturated heterocycles. The van der Waals surface area contributed by atoms with Crippen LogP contribution in [0.5, 0.6) is 5.88 Å². The van der Waals surface area contributed by atoms with Gasteiger partial charge in [-0.1, -0.05) is 6.92 Å². The van der Waals surface area contributed by atoms with Gasteiger partial charge in [0.25, 0.3) is 0 Å². The lowest BCUT2D eigenvalue weighted by atomic mass is 10.4. The molecule has 6 nitrogen and oxygen atoms in total. The lowest BCUT2D eigenvalue weighted by Crippen LogP contribution is -2.39. The van der Waals surface area contributed by atoms with E-state index in [-0.39, 0.29) is 0 Å². The molecule has 1 fully saturated rings. The van der Waals surface area contributed by atoms with Crippen molar-refractivity contribution < 1.29 is 9.47 Å². The number of hydrogen-bond acceptors (Lipinski definition) is 6. The van der Waals surface area contributed by atoms with Gasteiger partial charge in [0.1, 0.15) is 0 Å². The van der Waals surface area contributed by atoms with Gasteiger partial charge in [-0.2, -0.15) is 4.98 Å². The number of aromatic nitrogens is 2. The van der Waals surface area contributed by atoms with Crippen molar-refractivity contribution in [1.29, 1.82) is 0 Å². The predicted molar refractivity (Wildman–Crippen MR) is 73.6 cm³/mol. The summed E-state index contributed by atoms with van der Waals surface area (Å²) in [4.78, 5) is 10.9. The molecule has 0 aromatic carbocycles. The van der Waals surface area contributed by atoms with E-state index in [4.69, 9.17) is 9.47 Å². The highest BCUT2D eigenvalue weighted by atomic mass is 16.5. The third kappa shape index (κ3) is 5.00. The molecule has 2 heterocycles. The lowest BCUT2D eigenvalue weighted by molar-refractivity contribution is 0.0398. The van der Waals surface area contributed by atoms with E-state index in [0.29, 0.717) is 18.4 Å². The normalized spacial score (nSPS) is 16.3. The van der Waals surface area contributed by atoms with E-state index in [1.807, 2.05) is 0 Å². The number of ether oxygens (including phenoxy) is 2. The van der Waals surface area contributed by atoms with Crippen LogP contribution in [0.1, 0.15) is 13.3 Å². The standard InChI is InChI=1S/C13H22N4O2/c1-2-9-19-12-3-4-14-13(16-12)15-5-6-17-7-10-18-11-8-17/h3-4H,2,5-11H2,1H3,(H,14,15,16). The van der Waals surface area contributed by atoms with Gasteiger partial charge in [-0.25, -0.2) is 4.98 Å². The SMILES string of the molecule is CCCOc1ccnc(NCCN2CCOCC2)n1. The minimum Gasteiger partial charge on any atom is -0.478 e. The Morgan fingerprint density at radius 2 is 2.26 bits per heavy atom. The first-order chi connectivity index (χ1) is 9.38. The highest BCUT2D eigenvalue weighted by Crippen LogP contribution is 2.08. The highest BCUT2D eigenvalue weighted by Gasteiger charge is 2.09. The zero-order chi connectivity index (χ0) is 13.3. The molecule has 1 aromatic rings. The number of morpholine rings is 1. The largest absolute Gasteiger partial charge is 0.478 e. The number of rotatable bonds is 7. The quantitative estimate of drug-likeness (QED) is 0.795. The van der Waals surface area contributed by atoms with Gasteiger partial charge in [-0.15, -0.1) is 0 Å². The van der Waals surface area contributed by atoms with Crippen LogP contribution in [0.25, 0.3) is 0 Å². The maximum absolute atomic E-state index is 5.47. The lowest BCUT2D eigenvalue weighted by Gasteiger charge is -2.26. The number of anilines is 1. The van der Waals surface area contributed by atoms with Gasteiger partial charge in [0.2, 0.25) is 11.8 Å². The maximum Gasteiger partial charge on any atom is 0.225 e. The van der Waals surface area contributed by atoms with Crippen molar-refractivity contribution in [3.8, 4) is 5.88 Å². The van der Waals surface area contributed by atoms with Crippen LogP contribution >= 0.6 is 0 Å². The van der Waals surface area contributed by atoms with Gasteiger partial charge in [-0.05, 0) is 6.42 Å². The molecule has 0 spiro atoms. The van der Waals surface area contributed by atoms with Crippen molar-refractivity contribution in [1.82, 2.24) is 14.9 Å². The molecular weight excluding hydrogens is 244 g/mol. The summed E-state index contributed by atoms with van der Waals surface area (Å²) in [6.07, 6.45) is 2.69. The van der Waals surface area contributed by atoms with Gasteiger partial charge >= 0.3 is 0 Å². The Balaban J connectivity index is 1.72. The van der Waals surface area contributed by atoms with E-state index >= 15 is 0 Å². The van der Waals surface area contributed by atoms with Crippen molar-refractivity contribution in [3.05, 3.63) is 12.3 Å². The van der Waals surface area contributed by atoms with Gasteiger partial charge in [0.15, 0.2) is 0 Å². The van der Waals surface area contributed by atoms with E-state index in [9.17, 15) is 0 Å². The number of nitrogens with zero attached hydrogens (tertiary/aromatic N) is 3. The van der Waals surface area contributed by atoms with Crippen LogP contribution in [0.2, 0.25) is 0 Å². The van der Waals surface area contributed by atoms with Crippen molar-refractivity contribution >= 4 is 5.95 Å². The van der Waals surface area contributed by atoms with Crippen LogP contribution in [0, 0.1) is 0 Å². The molecule has 0 aliphatic carbocycles. The van der Waals surface area contributed by atoms with Crippen LogP contribution < -0.4 is 10.1 Å². The van der Waals surface area contributed by atoms with Crippen molar-refractivity contribution in [2.75, 3.05) is 51.3 Å². The molecule has 1 aliphatic heterocycles. The first-order valence-corrected chi connectivity index (χ1v) is 6.88. The Morgan fingerprint density at radius 3 is 3.05 bits per heavy atom. The summed E-state index contributed by atoms with van der Waals surface area (Å²) >= 11 is 0. The van der Waals surface area contributed by atoms with Crippen LogP contribution in [-0.4, -0.2) is 60.9 Å². The fraction of sp³-hybridized carbons (Fsp3) is 0.692. The van der Waals surface area contributed by atoms with Crippen molar-refractivity contribution in [2.45, 2.75) is 13.3 Å². The highest BCUT2D eigenvalue weighted by molar-refractivity contribution is 5.27. The summed E-state index contributed by atoms with van der Waals surface area (Å²) < 4.78 is 10.8. The van der Waals surface area contributed by atoms with E-state index < -0.39 is 0 Å². The first kappa shape index (κ1) is 14.0. The third-order valence-corrected chi connectivity index (χ3v) is 2.90. The Labute approximate surface area is 114 Å². The smallest absolute Gasteiger partial charge is 0.225 e. The summed E-state index contributed by atoms with van der Waals surface area (Å²) in [5.74, 6) is 1.26. The second kappa shape index (κ2) is 7.91. The molecule has 0 saturated carbocycles. The molecular formula is C13H22N4O2. The minimum absolute atomic E-state index is 0.627. The van der Waals surface area contributed by atoms with Crippen molar-refractivity contribution in [3.63, 3.8) is 0 Å². The Bertz CT molecular complexity index is 369. The minimum atomic E-state index is 0.627. The molecule has 6 heteroatoms. The molecule has 0 amide bonds. The average Bonchev–Trinajstić information content (AvgIpc) is 2.47. The van der Waals surface area contributed by atoms with Gasteiger partial charge in [0, 0.05) is 38.4 Å². The summed E-state index contributed by atoms with van der Waals surface area (Å²) in [7, 11) is 0. The van der Waals surface area contributed by atoms with Crippen molar-refractivity contribution in [2.24, 2.45) is 0 Å². The third-order valence-electron chi connectivity index (χ3n) is 2.90. The molecule has 106 valence electrons. The van der Waals surface area contributed by atoms with E-state index in [0.717, 1.165) is 45.8 Å². The van der Waals surface area contributed by atoms with Gasteiger partial charge in [0.05, 0.1) is 19.8 Å². The van der Waals surface area contributed by atoms with E-state index in [1.54, 1.807) is 12.3 Å². The average molecular weight is 266 g/mol. The van der Waals surface area contributed by atoms with Crippen LogP contribution in [0.3, 0.4) is 0 Å². The molecule has 0 bridgehead atoms. The topological polar surface area (TPSA) is 59.5 Å². The molecule has 1 aliphatic rings. The summed E-state index contributed by atoms with van der Waals surface area (Å²) in [6.45, 7) is 8.23. The Hall–Kier alpha value is -1.40. The molecule has 1 aromatic heterocycles. The monoisotopic (exact) mass is 266 g/mol. The maximum atomic E-state index is 5.47. The second-order valence-electron chi connectivity index (χ2n) is 4.45. The zero-order valence-electron chi connectivity index (χ0n) is 11.5. The fourth-order valence-corrected chi connectivity index (χ4v) is 1.86. The fourth-order valence-electron chi connectivity index (χ4n) is 1.86. The number of nitrogens with one attached hydrogen (secondary N) is 1. The Kier molecular flexibility index (Phi) is 5.84. The number of hydrogen-bond donors (Lipinski definition) is 1. The van der Waals surface area contributed by atoms with E-state index in [2.05, 4.69) is 27.1 Å². The van der Waals surface area contributed by atoms with Crippen LogP contribution in [-0.2, 0) is 4.74 Å². The van der Waals surface area contributed by atoms with Crippen LogP contribution in [0.15, 0.2) is 12.3 Å². The summed E-state index contributed by atoms with van der Waals surface area (Å²) in [6, 6.07) is 1.78. The summed E-state index contributed by atoms with van der Waals surface area (Å²) in [5.41, 5.74) is 0. The summed E-state index contributed by atoms with van der Waals surface area (Å²) in [5, 5.41) is 3.22. The first-order valence-electron chi connectivity index (χ1n) is 6.88. The molecule has 1 N–H and O–H groups in total. The van der Waals surface area contributed by atoms with E-state index in [1.165, 1.54) is 0 Å². The molecule has 0 unspecified atom stereocenters. The predicted octanol–water partition coefficient (Wildman–Crippen LogP) is 1.01. The van der Waals surface area contributed by atoms with Gasteiger partial charge in [-0.3, -0.25) is 4.90 Å².